The smallest absolute Gasteiger partial charge is 0.422 e. The zero-order valence-corrected chi connectivity index (χ0v) is 6.66. The highest BCUT2D eigenvalue weighted by Crippen LogP contribution is 2.29. The Hall–Kier alpha value is -1.04. The minimum atomic E-state index is -4.75. The first-order valence-corrected chi connectivity index (χ1v) is 3.35. The average Bonchev–Trinajstić information content (AvgIpc) is 1.97. The fraction of sp³-hybridized carbons (Fsp3) is 0.167. The molecule has 0 saturated heterocycles. The van der Waals surface area contributed by atoms with Crippen LogP contribution in [-0.2, 0) is 6.18 Å². The predicted octanol–water partition coefficient (Wildman–Crippen LogP) is 2.13. The molecule has 0 aromatic carbocycles. The molecule has 0 fully saturated rings. The summed E-state index contributed by atoms with van der Waals surface area (Å²) in [6, 6.07) is 0.163. The van der Waals surface area contributed by atoms with Crippen LogP contribution in [0.25, 0.3) is 0 Å². The molecule has 1 aromatic heterocycles. The second kappa shape index (κ2) is 3.02. The SMILES string of the molecule is [O-][n+]1cc(C(F)(F)F)cc(F)c1Cl. The van der Waals surface area contributed by atoms with Crippen molar-refractivity contribution in [1.82, 2.24) is 0 Å². The van der Waals surface area contributed by atoms with Crippen LogP contribution in [0.3, 0.4) is 0 Å². The summed E-state index contributed by atoms with van der Waals surface area (Å²) >= 11 is 5.01. The summed E-state index contributed by atoms with van der Waals surface area (Å²) in [5.74, 6) is -1.40. The largest absolute Gasteiger partial charge is 0.618 e. The molecule has 2 nitrogen and oxygen atoms in total. The fourth-order valence-corrected chi connectivity index (χ4v) is 0.780. The Balaban J connectivity index is 3.29. The van der Waals surface area contributed by atoms with E-state index < -0.39 is 22.7 Å². The first-order valence-electron chi connectivity index (χ1n) is 2.98. The van der Waals surface area contributed by atoms with Gasteiger partial charge in [-0.15, -0.1) is 0 Å². The standard InChI is InChI=1S/C6H2ClF4NO/c7-5-4(8)1-3(2-12(5)13)6(9,10)11/h1-2H. The lowest BCUT2D eigenvalue weighted by atomic mass is 10.3. The summed E-state index contributed by atoms with van der Waals surface area (Å²) in [6.07, 6.45) is -4.58. The van der Waals surface area contributed by atoms with Gasteiger partial charge in [-0.3, -0.25) is 0 Å². The van der Waals surface area contributed by atoms with Crippen molar-refractivity contribution >= 4 is 11.6 Å². The minimum Gasteiger partial charge on any atom is -0.618 e. The maximum absolute atomic E-state index is 12.5. The molecule has 0 unspecified atom stereocenters. The average molecular weight is 216 g/mol. The van der Waals surface area contributed by atoms with E-state index in [0.717, 1.165) is 0 Å². The van der Waals surface area contributed by atoms with Gasteiger partial charge in [0.05, 0.1) is 0 Å². The van der Waals surface area contributed by atoms with Gasteiger partial charge in [0, 0.05) is 6.07 Å². The number of aromatic nitrogens is 1. The zero-order chi connectivity index (χ0) is 10.2. The van der Waals surface area contributed by atoms with Crippen molar-refractivity contribution in [2.75, 3.05) is 0 Å². The molecule has 1 heterocycles. The fourth-order valence-electron chi connectivity index (χ4n) is 0.677. The predicted molar refractivity (Wildman–Crippen MR) is 35.4 cm³/mol. The number of pyridine rings is 1. The van der Waals surface area contributed by atoms with E-state index in [9.17, 15) is 22.8 Å². The van der Waals surface area contributed by atoms with Crippen LogP contribution in [0.2, 0.25) is 5.15 Å². The Morgan fingerprint density at radius 3 is 2.31 bits per heavy atom. The van der Waals surface area contributed by atoms with Crippen LogP contribution in [0.5, 0.6) is 0 Å². The Morgan fingerprint density at radius 2 is 1.92 bits per heavy atom. The van der Waals surface area contributed by atoms with Crippen LogP contribution < -0.4 is 4.73 Å². The summed E-state index contributed by atoms with van der Waals surface area (Å²) in [7, 11) is 0. The second-order valence-electron chi connectivity index (χ2n) is 2.19. The molecule has 0 amide bonds. The molecule has 0 spiro atoms. The Kier molecular flexibility index (Phi) is 2.34. The number of hydrogen-bond acceptors (Lipinski definition) is 1. The zero-order valence-electron chi connectivity index (χ0n) is 5.90. The van der Waals surface area contributed by atoms with Crippen LogP contribution in [0.4, 0.5) is 17.6 Å². The van der Waals surface area contributed by atoms with Crippen LogP contribution in [0, 0.1) is 11.0 Å². The van der Waals surface area contributed by atoms with Gasteiger partial charge < -0.3 is 5.21 Å². The van der Waals surface area contributed by atoms with Gasteiger partial charge in [-0.2, -0.15) is 22.3 Å². The van der Waals surface area contributed by atoms with E-state index in [-0.39, 0.29) is 17.0 Å². The van der Waals surface area contributed by atoms with Gasteiger partial charge in [-0.1, -0.05) is 0 Å². The maximum Gasteiger partial charge on any atom is 0.422 e. The Labute approximate surface area is 74.9 Å². The van der Waals surface area contributed by atoms with Crippen molar-refractivity contribution in [1.29, 1.82) is 0 Å². The first kappa shape index (κ1) is 10.0. The van der Waals surface area contributed by atoms with Gasteiger partial charge in [0.2, 0.25) is 5.82 Å². The third-order valence-corrected chi connectivity index (χ3v) is 1.60. The molecule has 0 saturated carbocycles. The van der Waals surface area contributed by atoms with Crippen molar-refractivity contribution in [3.8, 4) is 0 Å². The highest BCUT2D eigenvalue weighted by atomic mass is 35.5. The van der Waals surface area contributed by atoms with Crippen molar-refractivity contribution in [3.63, 3.8) is 0 Å². The molecule has 13 heavy (non-hydrogen) atoms. The highest BCUT2D eigenvalue weighted by Gasteiger charge is 2.34. The molecular weight excluding hydrogens is 214 g/mol. The van der Waals surface area contributed by atoms with Crippen LogP contribution in [0.15, 0.2) is 12.3 Å². The number of alkyl halides is 3. The quantitative estimate of drug-likeness (QED) is 0.282. The number of hydrogen-bond donors (Lipinski definition) is 0. The number of halogens is 5. The number of rotatable bonds is 0. The van der Waals surface area contributed by atoms with Crippen LogP contribution >= 0.6 is 11.6 Å². The van der Waals surface area contributed by atoms with Crippen molar-refractivity contribution in [3.05, 3.63) is 34.0 Å². The molecule has 7 heteroatoms. The van der Waals surface area contributed by atoms with Crippen molar-refractivity contribution in [2.45, 2.75) is 6.18 Å². The topological polar surface area (TPSA) is 26.9 Å². The molecule has 1 rings (SSSR count). The summed E-state index contributed by atoms with van der Waals surface area (Å²) < 4.78 is 47.9. The summed E-state index contributed by atoms with van der Waals surface area (Å²) in [6.45, 7) is 0. The molecule has 0 aliphatic rings. The van der Waals surface area contributed by atoms with E-state index in [1.54, 1.807) is 0 Å². The molecule has 0 radical (unpaired) electrons. The van der Waals surface area contributed by atoms with E-state index in [1.165, 1.54) is 0 Å². The molecule has 0 aliphatic heterocycles. The Bertz CT molecular complexity index is 315. The highest BCUT2D eigenvalue weighted by molar-refractivity contribution is 6.28. The molecular formula is C6H2ClF4NO. The van der Waals surface area contributed by atoms with Gasteiger partial charge in [-0.25, -0.2) is 0 Å². The van der Waals surface area contributed by atoms with Crippen LogP contribution in [-0.4, -0.2) is 0 Å². The summed E-state index contributed by atoms with van der Waals surface area (Å²) in [5.41, 5.74) is -1.37. The third-order valence-electron chi connectivity index (χ3n) is 1.26. The van der Waals surface area contributed by atoms with E-state index in [0.29, 0.717) is 0 Å². The van der Waals surface area contributed by atoms with Gasteiger partial charge in [0.25, 0.3) is 0 Å². The second-order valence-corrected chi connectivity index (χ2v) is 2.55. The molecule has 0 atom stereocenters. The van der Waals surface area contributed by atoms with Gasteiger partial charge in [0.15, 0.2) is 6.20 Å². The lowest BCUT2D eigenvalue weighted by Crippen LogP contribution is -2.30. The number of nitrogens with zero attached hydrogens (tertiary/aromatic N) is 1. The first-order chi connectivity index (χ1) is 5.82. The Morgan fingerprint density at radius 1 is 1.38 bits per heavy atom. The van der Waals surface area contributed by atoms with E-state index >= 15 is 0 Å². The van der Waals surface area contributed by atoms with E-state index in [2.05, 4.69) is 0 Å². The van der Waals surface area contributed by atoms with Gasteiger partial charge >= 0.3 is 11.3 Å². The maximum atomic E-state index is 12.5. The third kappa shape index (κ3) is 2.00. The molecule has 72 valence electrons. The van der Waals surface area contributed by atoms with Crippen molar-refractivity contribution < 1.29 is 22.3 Å². The molecule has 0 aliphatic carbocycles. The lowest BCUT2D eigenvalue weighted by molar-refractivity contribution is -0.606. The van der Waals surface area contributed by atoms with E-state index in [4.69, 9.17) is 11.6 Å². The molecule has 1 aromatic rings. The van der Waals surface area contributed by atoms with Gasteiger partial charge in [0.1, 0.15) is 5.56 Å². The normalized spacial score (nSPS) is 11.8. The monoisotopic (exact) mass is 215 g/mol. The van der Waals surface area contributed by atoms with Crippen LogP contribution in [0.1, 0.15) is 5.56 Å². The molecule has 0 bridgehead atoms. The lowest BCUT2D eigenvalue weighted by Gasteiger charge is -2.06. The van der Waals surface area contributed by atoms with E-state index in [1.807, 2.05) is 0 Å². The van der Waals surface area contributed by atoms with Gasteiger partial charge in [-0.05, 0) is 11.6 Å². The molecule has 0 N–H and O–H groups in total. The summed E-state index contributed by atoms with van der Waals surface area (Å²) in [4.78, 5) is 0. The summed E-state index contributed by atoms with van der Waals surface area (Å²) in [5, 5.41) is 9.64. The minimum absolute atomic E-state index is 0.163. The van der Waals surface area contributed by atoms with Crippen molar-refractivity contribution in [2.24, 2.45) is 0 Å².